The molecule has 0 saturated heterocycles. The minimum atomic E-state index is -0.576. The van der Waals surface area contributed by atoms with E-state index in [0.29, 0.717) is 12.2 Å². The zero-order valence-corrected chi connectivity index (χ0v) is 23.1. The van der Waals surface area contributed by atoms with Crippen molar-refractivity contribution in [2.45, 2.75) is 6.61 Å². The highest BCUT2D eigenvalue weighted by Gasteiger charge is 2.25. The molecule has 166 valence electrons. The number of cyclic esters (lactones) is 1. The van der Waals surface area contributed by atoms with Gasteiger partial charge in [-0.2, -0.15) is 0 Å². The molecule has 4 rings (SSSR count). The zero-order valence-electron chi connectivity index (χ0n) is 16.6. The molecule has 0 saturated carbocycles. The van der Waals surface area contributed by atoms with Crippen molar-refractivity contribution in [1.29, 1.82) is 0 Å². The number of benzene rings is 3. The summed E-state index contributed by atoms with van der Waals surface area (Å²) >= 11 is 6.68. The lowest BCUT2D eigenvalue weighted by Crippen LogP contribution is -2.05. The van der Waals surface area contributed by atoms with Crippen LogP contribution in [0.4, 0.5) is 5.69 Å². The van der Waals surface area contributed by atoms with Crippen molar-refractivity contribution < 1.29 is 19.2 Å². The number of nitro groups is 1. The van der Waals surface area contributed by atoms with Gasteiger partial charge in [-0.3, -0.25) is 10.1 Å². The van der Waals surface area contributed by atoms with Crippen molar-refractivity contribution in [3.63, 3.8) is 0 Å². The van der Waals surface area contributed by atoms with Crippen molar-refractivity contribution in [2.75, 3.05) is 0 Å². The molecule has 33 heavy (non-hydrogen) atoms. The molecule has 1 aliphatic rings. The number of non-ortho nitro benzene ring substituents is 1. The first-order valence-electron chi connectivity index (χ1n) is 9.44. The summed E-state index contributed by atoms with van der Waals surface area (Å²) < 4.78 is 14.3. The molecule has 0 aromatic heterocycles. The lowest BCUT2D eigenvalue weighted by atomic mass is 10.2. The van der Waals surface area contributed by atoms with E-state index in [9.17, 15) is 14.9 Å². The maximum Gasteiger partial charge on any atom is 0.363 e. The summed E-state index contributed by atoms with van der Waals surface area (Å²) in [6, 6.07) is 17.6. The molecule has 3 aromatic carbocycles. The van der Waals surface area contributed by atoms with Crippen LogP contribution < -0.4 is 4.74 Å². The zero-order chi connectivity index (χ0) is 23.5. The lowest BCUT2D eigenvalue weighted by Gasteiger charge is -2.11. The van der Waals surface area contributed by atoms with Crippen LogP contribution in [-0.2, 0) is 16.1 Å². The van der Waals surface area contributed by atoms with E-state index in [1.54, 1.807) is 6.08 Å². The number of hydrogen-bond acceptors (Lipinski definition) is 6. The first-order valence-corrected chi connectivity index (χ1v) is 12.7. The number of aliphatic imine (C=N–C) groups is 1. The topological polar surface area (TPSA) is 91.0 Å². The molecule has 10 heteroatoms. The predicted molar refractivity (Wildman–Crippen MR) is 149 cm³/mol. The third-order valence-electron chi connectivity index (χ3n) is 4.57. The Morgan fingerprint density at radius 2 is 1.64 bits per heavy atom. The molecule has 1 heterocycles. The number of nitrogens with zero attached hydrogens (tertiary/aromatic N) is 2. The number of hydrogen-bond donors (Lipinski definition) is 0. The summed E-state index contributed by atoms with van der Waals surface area (Å²) in [4.78, 5) is 26.9. The Kier molecular flexibility index (Phi) is 7.63. The maximum absolute atomic E-state index is 12.3. The van der Waals surface area contributed by atoms with E-state index in [-0.39, 0.29) is 17.3 Å². The molecule has 0 aliphatic carbocycles. The molecule has 1 aliphatic heterocycles. The fourth-order valence-corrected chi connectivity index (χ4v) is 5.44. The molecule has 0 fully saturated rings. The molecule has 0 radical (unpaired) electrons. The Hall–Kier alpha value is -2.07. The molecular weight excluding hydrogens is 765 g/mol. The van der Waals surface area contributed by atoms with Gasteiger partial charge in [0.25, 0.3) is 5.69 Å². The van der Waals surface area contributed by atoms with E-state index in [2.05, 4.69) is 72.8 Å². The van der Waals surface area contributed by atoms with Crippen LogP contribution in [0.2, 0.25) is 0 Å². The number of halogens is 3. The molecule has 0 bridgehead atoms. The quantitative estimate of drug-likeness (QED) is 0.0960. The second kappa shape index (κ2) is 10.5. The second-order valence-electron chi connectivity index (χ2n) is 6.87. The van der Waals surface area contributed by atoms with Crippen LogP contribution in [0.5, 0.6) is 5.75 Å². The minimum absolute atomic E-state index is 0.0482. The second-order valence-corrected chi connectivity index (χ2v) is 10.4. The van der Waals surface area contributed by atoms with Crippen LogP contribution in [-0.4, -0.2) is 16.8 Å². The largest absolute Gasteiger partial charge is 0.487 e. The SMILES string of the molecule is O=C1OC(c2ccc([N+](=O)[O-])cc2)=N/C1=C\c1cc(I)c(OCc2ccc(I)cc2)c(I)c1. The summed E-state index contributed by atoms with van der Waals surface area (Å²) in [6.45, 7) is 0.457. The van der Waals surface area contributed by atoms with Crippen LogP contribution in [0.1, 0.15) is 16.7 Å². The van der Waals surface area contributed by atoms with Crippen molar-refractivity contribution in [1.82, 2.24) is 0 Å². The van der Waals surface area contributed by atoms with Crippen molar-refractivity contribution in [2.24, 2.45) is 4.99 Å². The highest BCUT2D eigenvalue weighted by molar-refractivity contribution is 14.1. The average molecular weight is 778 g/mol. The third-order valence-corrected chi connectivity index (χ3v) is 6.89. The van der Waals surface area contributed by atoms with Crippen LogP contribution >= 0.6 is 67.8 Å². The number of carbonyl (C=O) groups is 1. The number of esters is 1. The number of nitro benzene ring substituents is 1. The summed E-state index contributed by atoms with van der Waals surface area (Å²) in [5.41, 5.74) is 2.46. The highest BCUT2D eigenvalue weighted by atomic mass is 127. The predicted octanol–water partition coefficient (Wildman–Crippen LogP) is 6.33. The maximum atomic E-state index is 12.3. The summed E-state index contributed by atoms with van der Waals surface area (Å²) in [7, 11) is 0. The first kappa shape index (κ1) is 24.1. The van der Waals surface area contributed by atoms with E-state index >= 15 is 0 Å². The number of ether oxygens (including phenoxy) is 2. The molecule has 7 nitrogen and oxygen atoms in total. The van der Waals surface area contributed by atoms with Gasteiger partial charge in [0, 0.05) is 21.3 Å². The van der Waals surface area contributed by atoms with Gasteiger partial charge in [0.2, 0.25) is 5.90 Å². The van der Waals surface area contributed by atoms with Crippen LogP contribution in [0.3, 0.4) is 0 Å². The molecule has 0 atom stereocenters. The Bertz CT molecular complexity index is 1280. The smallest absolute Gasteiger partial charge is 0.363 e. The van der Waals surface area contributed by atoms with E-state index < -0.39 is 10.9 Å². The molecule has 0 amide bonds. The van der Waals surface area contributed by atoms with Gasteiger partial charge in [0.15, 0.2) is 5.70 Å². The third kappa shape index (κ3) is 5.90. The molecular formula is C23H13I3N2O5. The normalized spacial score (nSPS) is 14.2. The van der Waals surface area contributed by atoms with E-state index in [1.165, 1.54) is 27.8 Å². The van der Waals surface area contributed by atoms with Gasteiger partial charge >= 0.3 is 5.97 Å². The molecule has 3 aromatic rings. The summed E-state index contributed by atoms with van der Waals surface area (Å²) in [5, 5.41) is 10.8. The Morgan fingerprint density at radius 3 is 2.24 bits per heavy atom. The minimum Gasteiger partial charge on any atom is -0.487 e. The highest BCUT2D eigenvalue weighted by Crippen LogP contribution is 2.31. The molecule has 0 spiro atoms. The summed E-state index contributed by atoms with van der Waals surface area (Å²) in [5.74, 6) is 0.316. The number of rotatable bonds is 6. The first-order chi connectivity index (χ1) is 15.8. The van der Waals surface area contributed by atoms with Gasteiger partial charge < -0.3 is 9.47 Å². The fraction of sp³-hybridized carbons (Fsp3) is 0.0435. The van der Waals surface area contributed by atoms with Crippen LogP contribution in [0.25, 0.3) is 6.08 Å². The lowest BCUT2D eigenvalue weighted by molar-refractivity contribution is -0.384. The Balaban J connectivity index is 1.53. The fourth-order valence-electron chi connectivity index (χ4n) is 2.95. The van der Waals surface area contributed by atoms with Gasteiger partial charge in [0.05, 0.1) is 12.1 Å². The van der Waals surface area contributed by atoms with Crippen LogP contribution in [0, 0.1) is 20.8 Å². The van der Waals surface area contributed by atoms with Gasteiger partial charge in [0.1, 0.15) is 12.4 Å². The average Bonchev–Trinajstić information content (AvgIpc) is 3.14. The van der Waals surface area contributed by atoms with Gasteiger partial charge in [-0.15, -0.1) is 0 Å². The van der Waals surface area contributed by atoms with Crippen LogP contribution in [0.15, 0.2) is 71.4 Å². The van der Waals surface area contributed by atoms with E-state index in [4.69, 9.17) is 9.47 Å². The van der Waals surface area contributed by atoms with Gasteiger partial charge in [-0.1, -0.05) is 12.1 Å². The van der Waals surface area contributed by atoms with Crippen molar-refractivity contribution in [3.05, 3.63) is 104 Å². The van der Waals surface area contributed by atoms with Gasteiger partial charge in [-0.05, 0) is 121 Å². The van der Waals surface area contributed by atoms with E-state index in [0.717, 1.165) is 24.0 Å². The molecule has 0 N–H and O–H groups in total. The van der Waals surface area contributed by atoms with Crippen molar-refractivity contribution >= 4 is 91.4 Å². The molecule has 0 unspecified atom stereocenters. The van der Waals surface area contributed by atoms with Crippen molar-refractivity contribution in [3.8, 4) is 5.75 Å². The number of carbonyl (C=O) groups excluding carboxylic acids is 1. The Morgan fingerprint density at radius 1 is 1.00 bits per heavy atom. The summed E-state index contributed by atoms with van der Waals surface area (Å²) in [6.07, 6.45) is 1.65. The Labute approximate surface area is 229 Å². The van der Waals surface area contributed by atoms with Gasteiger partial charge in [-0.25, -0.2) is 9.79 Å². The standard InChI is InChI=1S/C23H13I3N2O5/c24-16-5-1-13(2-6-16)12-32-21-18(25)9-14(10-19(21)26)11-20-23(29)33-22(27-20)15-3-7-17(8-4-15)28(30)31/h1-11H,12H2/b20-11-. The van der Waals surface area contributed by atoms with E-state index in [1.807, 2.05) is 36.4 Å². The monoisotopic (exact) mass is 778 g/mol.